The van der Waals surface area contributed by atoms with E-state index in [1.165, 1.54) is 6.42 Å². The van der Waals surface area contributed by atoms with Gasteiger partial charge in [0.05, 0.1) is 12.8 Å². The van der Waals surface area contributed by atoms with Crippen LogP contribution in [0.3, 0.4) is 0 Å². The van der Waals surface area contributed by atoms with E-state index in [1.54, 1.807) is 6.26 Å². The number of carboxylic acid groups (broad SMARTS) is 2. The standard InChI is InChI=1S/C10H18N2O.C2H2O4/c1-12(2)7-4-6-11-9-10-5-3-8-13-10;3-1(4)2(5)6/h3,5,8,11H,4,6-7,9H2,1-2H3;(H,3,4)(H,5,6). The van der Waals surface area contributed by atoms with E-state index in [9.17, 15) is 0 Å². The van der Waals surface area contributed by atoms with E-state index < -0.39 is 11.9 Å². The number of carbonyl (C=O) groups is 2. The highest BCUT2D eigenvalue weighted by Crippen LogP contribution is 1.98. The van der Waals surface area contributed by atoms with Crippen molar-refractivity contribution in [2.75, 3.05) is 27.2 Å². The Labute approximate surface area is 111 Å². The average molecular weight is 272 g/mol. The fourth-order valence-corrected chi connectivity index (χ4v) is 1.15. The molecule has 3 N–H and O–H groups in total. The molecule has 0 fully saturated rings. The molecule has 0 aliphatic heterocycles. The quantitative estimate of drug-likeness (QED) is 0.511. The maximum absolute atomic E-state index is 9.10. The van der Waals surface area contributed by atoms with Gasteiger partial charge in [0.25, 0.3) is 0 Å². The normalized spacial score (nSPS) is 9.84. The summed E-state index contributed by atoms with van der Waals surface area (Å²) in [5.41, 5.74) is 0. The summed E-state index contributed by atoms with van der Waals surface area (Å²) in [6, 6.07) is 3.90. The van der Waals surface area contributed by atoms with Gasteiger partial charge in [-0.15, -0.1) is 0 Å². The predicted octanol–water partition coefficient (Wildman–Crippen LogP) is 0.477. The lowest BCUT2D eigenvalue weighted by Crippen LogP contribution is -2.20. The van der Waals surface area contributed by atoms with Crippen molar-refractivity contribution in [2.45, 2.75) is 13.0 Å². The summed E-state index contributed by atoms with van der Waals surface area (Å²) in [4.78, 5) is 20.4. The largest absolute Gasteiger partial charge is 0.473 e. The minimum absolute atomic E-state index is 0.834. The van der Waals surface area contributed by atoms with Crippen LogP contribution in [0, 0.1) is 0 Å². The third kappa shape index (κ3) is 11.0. The highest BCUT2D eigenvalue weighted by atomic mass is 16.4. The second kappa shape index (κ2) is 10.1. The Kier molecular flexibility index (Phi) is 9.11. The molecule has 0 spiro atoms. The zero-order valence-electron chi connectivity index (χ0n) is 11.1. The van der Waals surface area contributed by atoms with Gasteiger partial charge >= 0.3 is 11.9 Å². The molecular weight excluding hydrogens is 252 g/mol. The molecule has 108 valence electrons. The smallest absolute Gasteiger partial charge is 0.414 e. The summed E-state index contributed by atoms with van der Waals surface area (Å²) in [6.07, 6.45) is 2.88. The lowest BCUT2D eigenvalue weighted by atomic mass is 10.4. The topological polar surface area (TPSA) is 103 Å². The van der Waals surface area contributed by atoms with Crippen molar-refractivity contribution in [3.8, 4) is 0 Å². The van der Waals surface area contributed by atoms with E-state index in [1.807, 2.05) is 12.1 Å². The fraction of sp³-hybridized carbons (Fsp3) is 0.500. The van der Waals surface area contributed by atoms with Gasteiger partial charge in [0, 0.05) is 0 Å². The Morgan fingerprint density at radius 2 is 1.95 bits per heavy atom. The minimum atomic E-state index is -1.82. The van der Waals surface area contributed by atoms with Crippen molar-refractivity contribution in [1.29, 1.82) is 0 Å². The number of hydrogen-bond donors (Lipinski definition) is 3. The van der Waals surface area contributed by atoms with E-state index in [0.29, 0.717) is 0 Å². The highest BCUT2D eigenvalue weighted by Gasteiger charge is 2.04. The van der Waals surface area contributed by atoms with Gasteiger partial charge in [-0.2, -0.15) is 0 Å². The van der Waals surface area contributed by atoms with Crippen LogP contribution >= 0.6 is 0 Å². The summed E-state index contributed by atoms with van der Waals surface area (Å²) < 4.78 is 5.19. The number of carboxylic acids is 2. The average Bonchev–Trinajstić information content (AvgIpc) is 2.82. The van der Waals surface area contributed by atoms with E-state index >= 15 is 0 Å². The van der Waals surface area contributed by atoms with Crippen molar-refractivity contribution >= 4 is 11.9 Å². The molecular formula is C12H20N2O5. The summed E-state index contributed by atoms with van der Waals surface area (Å²) in [5.74, 6) is -2.64. The van der Waals surface area contributed by atoms with E-state index in [-0.39, 0.29) is 0 Å². The molecule has 0 amide bonds. The SMILES string of the molecule is CN(C)CCCNCc1ccco1.O=C(O)C(=O)O. The van der Waals surface area contributed by atoms with E-state index in [0.717, 1.165) is 25.4 Å². The molecule has 7 heteroatoms. The summed E-state index contributed by atoms with van der Waals surface area (Å²) >= 11 is 0. The molecule has 19 heavy (non-hydrogen) atoms. The number of hydrogen-bond acceptors (Lipinski definition) is 5. The summed E-state index contributed by atoms with van der Waals surface area (Å²) in [7, 11) is 4.18. The molecule has 0 unspecified atom stereocenters. The number of furan rings is 1. The molecule has 1 aromatic heterocycles. The van der Waals surface area contributed by atoms with Crippen molar-refractivity contribution in [2.24, 2.45) is 0 Å². The monoisotopic (exact) mass is 272 g/mol. The lowest BCUT2D eigenvalue weighted by molar-refractivity contribution is -0.159. The Bertz CT molecular complexity index is 350. The van der Waals surface area contributed by atoms with Crippen LogP contribution in [-0.2, 0) is 16.1 Å². The maximum Gasteiger partial charge on any atom is 0.414 e. The van der Waals surface area contributed by atoms with Gasteiger partial charge in [-0.05, 0) is 45.7 Å². The first-order valence-corrected chi connectivity index (χ1v) is 5.77. The minimum Gasteiger partial charge on any atom is -0.473 e. The predicted molar refractivity (Wildman–Crippen MR) is 68.9 cm³/mol. The Morgan fingerprint density at radius 3 is 2.37 bits per heavy atom. The van der Waals surface area contributed by atoms with E-state index in [4.69, 9.17) is 24.2 Å². The number of nitrogens with zero attached hydrogens (tertiary/aromatic N) is 1. The van der Waals surface area contributed by atoms with E-state index in [2.05, 4.69) is 24.3 Å². The van der Waals surface area contributed by atoms with Gasteiger partial charge in [0.2, 0.25) is 0 Å². The molecule has 7 nitrogen and oxygen atoms in total. The Balaban J connectivity index is 0.000000459. The summed E-state index contributed by atoms with van der Waals surface area (Å²) in [5, 5.41) is 18.1. The van der Waals surface area contributed by atoms with Gasteiger partial charge in [-0.25, -0.2) is 9.59 Å². The molecule has 0 radical (unpaired) electrons. The van der Waals surface area contributed by atoms with Crippen LogP contribution in [-0.4, -0.2) is 54.2 Å². The van der Waals surface area contributed by atoms with Crippen LogP contribution in [0.15, 0.2) is 22.8 Å². The van der Waals surface area contributed by atoms with Crippen LogP contribution in [0.2, 0.25) is 0 Å². The third-order valence-electron chi connectivity index (χ3n) is 2.02. The van der Waals surface area contributed by atoms with Gasteiger partial charge < -0.3 is 24.8 Å². The van der Waals surface area contributed by atoms with Crippen molar-refractivity contribution < 1.29 is 24.2 Å². The Morgan fingerprint density at radius 1 is 1.32 bits per heavy atom. The van der Waals surface area contributed by atoms with Crippen molar-refractivity contribution in [1.82, 2.24) is 10.2 Å². The first-order chi connectivity index (χ1) is 8.93. The zero-order chi connectivity index (χ0) is 14.7. The van der Waals surface area contributed by atoms with Crippen LogP contribution in [0.1, 0.15) is 12.2 Å². The van der Waals surface area contributed by atoms with Crippen LogP contribution < -0.4 is 5.32 Å². The van der Waals surface area contributed by atoms with Crippen LogP contribution in [0.25, 0.3) is 0 Å². The molecule has 0 bridgehead atoms. The lowest BCUT2D eigenvalue weighted by Gasteiger charge is -2.08. The molecule has 0 aliphatic carbocycles. The van der Waals surface area contributed by atoms with Gasteiger partial charge in [-0.1, -0.05) is 0 Å². The second-order valence-electron chi connectivity index (χ2n) is 4.02. The number of rotatable bonds is 6. The molecule has 0 atom stereocenters. The molecule has 0 saturated heterocycles. The molecule has 1 heterocycles. The fourth-order valence-electron chi connectivity index (χ4n) is 1.15. The first-order valence-electron chi connectivity index (χ1n) is 5.77. The summed E-state index contributed by atoms with van der Waals surface area (Å²) in [6.45, 7) is 3.00. The highest BCUT2D eigenvalue weighted by molar-refractivity contribution is 6.27. The first kappa shape index (κ1) is 17.1. The second-order valence-corrected chi connectivity index (χ2v) is 4.02. The maximum atomic E-state index is 9.10. The van der Waals surface area contributed by atoms with Gasteiger partial charge in [0.1, 0.15) is 5.76 Å². The number of nitrogens with one attached hydrogen (secondary N) is 1. The molecule has 0 saturated carbocycles. The molecule has 0 aromatic carbocycles. The Hall–Kier alpha value is -1.86. The molecule has 1 aromatic rings. The van der Waals surface area contributed by atoms with Gasteiger partial charge in [-0.3, -0.25) is 0 Å². The van der Waals surface area contributed by atoms with Crippen molar-refractivity contribution in [3.63, 3.8) is 0 Å². The van der Waals surface area contributed by atoms with Gasteiger partial charge in [0.15, 0.2) is 0 Å². The molecule has 0 aliphatic rings. The number of aliphatic carboxylic acids is 2. The zero-order valence-corrected chi connectivity index (χ0v) is 11.1. The van der Waals surface area contributed by atoms with Crippen LogP contribution in [0.4, 0.5) is 0 Å². The molecule has 1 rings (SSSR count). The van der Waals surface area contributed by atoms with Crippen LogP contribution in [0.5, 0.6) is 0 Å². The third-order valence-corrected chi connectivity index (χ3v) is 2.02. The van der Waals surface area contributed by atoms with Crippen molar-refractivity contribution in [3.05, 3.63) is 24.2 Å².